The van der Waals surface area contributed by atoms with Crippen molar-refractivity contribution in [3.05, 3.63) is 208 Å². The molecule has 118 heavy (non-hydrogen) atoms. The number of aryl methyl sites for hydroxylation is 1. The fourth-order valence-electron chi connectivity index (χ4n) is 14.4. The second-order valence-electron chi connectivity index (χ2n) is 28.7. The maximum atomic E-state index is 14.3. The number of imidazole rings is 1. The second kappa shape index (κ2) is 43.2. The standard InChI is InChI=1S/C86H96F6N12O14/c1-58-11-13-63(78(106)45-59-12-14-66(75(44-59)85(87,88)89)56-103-25-23-102(2)24-26-103)46-60(58)15-18-69-53-95-80-51-71(54-99-104(69)80)117-43-42-116-41-40-115-39-38-114-37-36-113-35-34-112-33-32-111-29-22-94-84(108)73-50-67-49-72(73)74-55-98-101-82(81(67)74)64-8-4-7-62(48-64)77(105)10-5-27-109-30-31-110-28-21-93-83(107)65-9-3-6-61(47-65)76-52-79(97-57-96-76)100-68-16-19-70(20-17-68)118-86(90,91)92/h3-4,6-9,11-14,16-17,19-20,44,46-48,51-55,57,67,72-73,81,98H,5,10,21-43,45,49-50,56H2,1-2H3,(H,93,107)(H,94,108)(H,96,97,100)/t67-,72+,73-,81?/m0/s1. The van der Waals surface area contributed by atoms with Gasteiger partial charge < -0.3 is 68.2 Å². The minimum atomic E-state index is -4.80. The van der Waals surface area contributed by atoms with E-state index in [-0.39, 0.29) is 91.1 Å². The molecule has 4 atom stereocenters. The van der Waals surface area contributed by atoms with Crippen LogP contribution >= 0.6 is 0 Å². The highest BCUT2D eigenvalue weighted by Gasteiger charge is 2.54. The molecular weight excluding hydrogens is 1540 g/mol. The number of piperazine rings is 1. The molecule has 5 heterocycles. The van der Waals surface area contributed by atoms with E-state index in [0.717, 1.165) is 48.8 Å². The summed E-state index contributed by atoms with van der Waals surface area (Å²) >= 11 is 0. The van der Waals surface area contributed by atoms with E-state index in [9.17, 15) is 45.5 Å². The molecule has 2 saturated carbocycles. The molecular formula is C86H96F6N12O14. The lowest BCUT2D eigenvalue weighted by molar-refractivity contribution is -0.274. The van der Waals surface area contributed by atoms with Crippen LogP contribution in [0.1, 0.15) is 95.8 Å². The number of benzene rings is 5. The van der Waals surface area contributed by atoms with Crippen molar-refractivity contribution in [1.29, 1.82) is 0 Å². The van der Waals surface area contributed by atoms with Crippen LogP contribution in [0.15, 0.2) is 157 Å². The number of carbonyl (C=O) groups is 4. The maximum Gasteiger partial charge on any atom is 0.573 e. The van der Waals surface area contributed by atoms with Gasteiger partial charge in [-0.3, -0.25) is 29.5 Å². The molecule has 4 aliphatic rings. The van der Waals surface area contributed by atoms with Gasteiger partial charge >= 0.3 is 12.5 Å². The Morgan fingerprint density at radius 2 is 1.25 bits per heavy atom. The number of nitrogens with zero attached hydrogens (tertiary/aromatic N) is 8. The van der Waals surface area contributed by atoms with Crippen LogP contribution in [0.5, 0.6) is 11.5 Å². The van der Waals surface area contributed by atoms with Crippen molar-refractivity contribution in [2.45, 2.75) is 58.1 Å². The molecule has 8 aromatic rings. The molecule has 0 radical (unpaired) electrons. The Balaban J connectivity index is 0.436. The number of aromatic nitrogens is 5. The van der Waals surface area contributed by atoms with Crippen LogP contribution < -0.4 is 30.8 Å². The number of Topliss-reactive ketones (excluding diaryl/α,β-unsaturated/α-hetero) is 2. The van der Waals surface area contributed by atoms with Crippen molar-refractivity contribution < 1.29 is 92.9 Å². The highest BCUT2D eigenvalue weighted by atomic mass is 19.4. The number of ketones is 2. The third-order valence-electron chi connectivity index (χ3n) is 20.4. The molecule has 0 spiro atoms. The van der Waals surface area contributed by atoms with Crippen molar-refractivity contribution in [3.63, 3.8) is 0 Å². The first kappa shape index (κ1) is 86.8. The van der Waals surface area contributed by atoms with E-state index in [4.69, 9.17) is 47.7 Å². The Hall–Kier alpha value is -10.6. The lowest BCUT2D eigenvalue weighted by Crippen LogP contribution is -2.44. The van der Waals surface area contributed by atoms with E-state index in [1.165, 1.54) is 42.2 Å². The van der Waals surface area contributed by atoms with Crippen molar-refractivity contribution in [2.75, 3.05) is 164 Å². The number of hydrogen-bond acceptors (Lipinski definition) is 23. The SMILES string of the molecule is Cc1ccc(C(=O)Cc2ccc(CN3CCN(C)CC3)c(C(F)(F)F)c2)cc1C#Cc1cnc2cc(OCCOCCOCCOCCOCCOCCOCCNC(=O)[C@H]3C[C@@H]4C[C@H]3C3=CNN=C(c5cccc(C(=O)CCCOCCOCCNC(=O)c6cccc(-c7cc(Nc8ccc(OC(F)(F)F)cc8)ncn7)c6)c5)C34)cnn12. The summed E-state index contributed by atoms with van der Waals surface area (Å²) in [7, 11) is 2.00. The maximum absolute atomic E-state index is 14.3. The van der Waals surface area contributed by atoms with Crippen LogP contribution in [0.3, 0.4) is 0 Å². The van der Waals surface area contributed by atoms with E-state index in [1.54, 1.807) is 77.6 Å². The average Bonchev–Trinajstić information content (AvgIpc) is 1.58. The van der Waals surface area contributed by atoms with Gasteiger partial charge in [0.1, 0.15) is 35.9 Å². The zero-order valence-electron chi connectivity index (χ0n) is 65.7. The molecule has 4 N–H and O–H groups in total. The van der Waals surface area contributed by atoms with Crippen molar-refractivity contribution >= 4 is 46.2 Å². The highest BCUT2D eigenvalue weighted by molar-refractivity contribution is 6.07. The quantitative estimate of drug-likeness (QED) is 0.0119. The molecule has 2 aliphatic carbocycles. The fourth-order valence-corrected chi connectivity index (χ4v) is 14.4. The predicted molar refractivity (Wildman–Crippen MR) is 425 cm³/mol. The minimum Gasteiger partial charge on any atom is -0.489 e. The molecule has 2 amide bonds. The van der Waals surface area contributed by atoms with Gasteiger partial charge in [0.2, 0.25) is 5.91 Å². The Bertz CT molecular complexity index is 4820. The minimum absolute atomic E-state index is 0.00492. The Morgan fingerprint density at radius 3 is 1.94 bits per heavy atom. The molecule has 2 aliphatic heterocycles. The predicted octanol–water partition coefficient (Wildman–Crippen LogP) is 10.9. The number of alkyl halides is 6. The van der Waals surface area contributed by atoms with Crippen LogP contribution in [0, 0.1) is 42.4 Å². The van der Waals surface area contributed by atoms with E-state index >= 15 is 0 Å². The lowest BCUT2D eigenvalue weighted by Gasteiger charge is -2.33. The largest absolute Gasteiger partial charge is 0.573 e. The Kier molecular flexibility index (Phi) is 31.8. The smallest absolute Gasteiger partial charge is 0.489 e. The molecule has 5 aromatic carbocycles. The molecule has 3 fully saturated rings. The lowest BCUT2D eigenvalue weighted by atomic mass is 9.74. The number of halogens is 6. The summed E-state index contributed by atoms with van der Waals surface area (Å²) in [5.41, 5.74) is 11.2. The van der Waals surface area contributed by atoms with E-state index in [0.29, 0.717) is 199 Å². The molecule has 3 aromatic heterocycles. The number of anilines is 2. The Morgan fingerprint density at radius 1 is 0.602 bits per heavy atom. The summed E-state index contributed by atoms with van der Waals surface area (Å²) in [5, 5.41) is 18.1. The number of hydrogen-bond donors (Lipinski definition) is 4. The molecule has 26 nitrogen and oxygen atoms in total. The monoisotopic (exact) mass is 1630 g/mol. The van der Waals surface area contributed by atoms with Crippen molar-refractivity contribution in [1.82, 2.24) is 50.4 Å². The molecule has 626 valence electrons. The van der Waals surface area contributed by atoms with Gasteiger partial charge in [0.15, 0.2) is 17.2 Å². The topological polar surface area (TPSA) is 284 Å². The summed E-state index contributed by atoms with van der Waals surface area (Å²) in [4.78, 5) is 70.5. The van der Waals surface area contributed by atoms with Gasteiger partial charge in [-0.05, 0) is 133 Å². The molecule has 1 saturated heterocycles. The van der Waals surface area contributed by atoms with Gasteiger partial charge in [-0.1, -0.05) is 60.5 Å². The van der Waals surface area contributed by atoms with Crippen LogP contribution in [0.25, 0.3) is 16.9 Å². The van der Waals surface area contributed by atoms with Crippen LogP contribution in [0.2, 0.25) is 0 Å². The van der Waals surface area contributed by atoms with Gasteiger partial charge in [-0.15, -0.1) is 13.2 Å². The number of hydrazone groups is 1. The number of likely N-dealkylation sites (N-methyl/N-ethyl adjacent to an activating group) is 1. The van der Waals surface area contributed by atoms with E-state index in [1.807, 2.05) is 49.3 Å². The van der Waals surface area contributed by atoms with Crippen LogP contribution in [0.4, 0.5) is 37.8 Å². The fraction of sp³-hybridized carbons (Fsp3) is 0.430. The Labute approximate surface area is 679 Å². The second-order valence-corrected chi connectivity index (χ2v) is 28.7. The molecule has 32 heteroatoms. The zero-order valence-corrected chi connectivity index (χ0v) is 65.7. The normalized spacial score (nSPS) is 16.6. The van der Waals surface area contributed by atoms with Crippen LogP contribution in [-0.4, -0.2) is 228 Å². The number of rotatable bonds is 45. The van der Waals surface area contributed by atoms with Crippen LogP contribution in [-0.2, 0) is 61.8 Å². The summed E-state index contributed by atoms with van der Waals surface area (Å²) < 4.78 is 137. The van der Waals surface area contributed by atoms with E-state index in [2.05, 4.69) is 62.9 Å². The van der Waals surface area contributed by atoms with Gasteiger partial charge in [-0.2, -0.15) is 23.4 Å². The molecule has 2 bridgehead atoms. The van der Waals surface area contributed by atoms with Gasteiger partial charge in [-0.25, -0.2) is 19.5 Å². The third-order valence-corrected chi connectivity index (χ3v) is 20.4. The highest BCUT2D eigenvalue weighted by Crippen LogP contribution is 2.56. The average molecular weight is 1640 g/mol. The first-order valence-electron chi connectivity index (χ1n) is 39.4. The number of nitrogens with one attached hydrogen (secondary N) is 4. The third kappa shape index (κ3) is 25.7. The summed E-state index contributed by atoms with van der Waals surface area (Å²) in [6.07, 6.45) is -0.690. The van der Waals surface area contributed by atoms with Gasteiger partial charge in [0, 0.05) is 129 Å². The molecule has 1 unspecified atom stereocenters. The van der Waals surface area contributed by atoms with Gasteiger partial charge in [0.05, 0.1) is 128 Å². The molecule has 12 rings (SSSR count). The summed E-state index contributed by atoms with van der Waals surface area (Å²) in [6, 6.07) is 32.4. The van der Waals surface area contributed by atoms with Crippen molar-refractivity contribution in [2.24, 2.45) is 28.8 Å². The first-order chi connectivity index (χ1) is 57.2. The number of allylic oxidation sites excluding steroid dienone is 1. The number of amides is 2. The number of fused-ring (bicyclic) bond motifs is 6. The zero-order chi connectivity index (χ0) is 82.6. The summed E-state index contributed by atoms with van der Waals surface area (Å²) in [5.74, 6) is 6.35. The first-order valence-corrected chi connectivity index (χ1v) is 39.4. The van der Waals surface area contributed by atoms with E-state index < -0.39 is 18.1 Å². The van der Waals surface area contributed by atoms with Crippen molar-refractivity contribution in [3.8, 4) is 34.6 Å². The number of carbonyl (C=O) groups excluding carboxylic acids is 4. The number of ether oxygens (including phenoxy) is 10. The summed E-state index contributed by atoms with van der Waals surface area (Å²) in [6.45, 7) is 11.7. The van der Waals surface area contributed by atoms with Gasteiger partial charge in [0.25, 0.3) is 5.91 Å².